The molecule has 0 aromatic heterocycles. The van der Waals surface area contributed by atoms with Crippen LogP contribution < -0.4 is 20.7 Å². The van der Waals surface area contributed by atoms with Crippen molar-refractivity contribution in [3.05, 3.63) is 24.3 Å². The van der Waals surface area contributed by atoms with Crippen molar-refractivity contribution in [2.24, 2.45) is 0 Å². The van der Waals surface area contributed by atoms with Crippen molar-refractivity contribution in [3.8, 4) is 5.75 Å². The first-order valence-electron chi connectivity index (χ1n) is 9.91. The van der Waals surface area contributed by atoms with E-state index in [0.29, 0.717) is 30.6 Å². The molecule has 0 unspecified atom stereocenters. The van der Waals surface area contributed by atoms with Crippen LogP contribution in [0.25, 0.3) is 0 Å². The third-order valence-electron chi connectivity index (χ3n) is 5.38. The molecule has 3 N–H and O–H groups in total. The van der Waals surface area contributed by atoms with Crippen LogP contribution in [0.15, 0.2) is 24.3 Å². The van der Waals surface area contributed by atoms with Gasteiger partial charge in [-0.05, 0) is 37.8 Å². The number of nitrogens with zero attached hydrogens (tertiary/aromatic N) is 1. The van der Waals surface area contributed by atoms with Crippen molar-refractivity contribution in [2.75, 3.05) is 25.5 Å². The van der Waals surface area contributed by atoms with E-state index in [1.165, 1.54) is 19.3 Å². The van der Waals surface area contributed by atoms with E-state index < -0.39 is 0 Å². The van der Waals surface area contributed by atoms with Gasteiger partial charge < -0.3 is 25.6 Å². The van der Waals surface area contributed by atoms with Gasteiger partial charge in [-0.3, -0.25) is 0 Å². The third kappa shape index (κ3) is 5.77. The Balaban J connectivity index is 1.39. The van der Waals surface area contributed by atoms with Crippen LogP contribution in [-0.2, 0) is 0 Å². The maximum absolute atomic E-state index is 12.4. The molecule has 0 radical (unpaired) electrons. The van der Waals surface area contributed by atoms with E-state index in [2.05, 4.69) is 16.0 Å². The maximum atomic E-state index is 12.4. The van der Waals surface area contributed by atoms with E-state index in [0.717, 1.165) is 25.7 Å². The minimum atomic E-state index is -0.228. The number of carbonyl (C=O) groups is 2. The number of anilines is 1. The molecule has 3 rings (SSSR count). The van der Waals surface area contributed by atoms with Gasteiger partial charge in [0, 0.05) is 36.9 Å². The lowest BCUT2D eigenvalue weighted by molar-refractivity contribution is 0.170. The van der Waals surface area contributed by atoms with Crippen LogP contribution in [-0.4, -0.2) is 49.2 Å². The number of ether oxygens (including phenoxy) is 1. The molecule has 27 heavy (non-hydrogen) atoms. The molecule has 7 nitrogen and oxygen atoms in total. The zero-order valence-corrected chi connectivity index (χ0v) is 16.0. The van der Waals surface area contributed by atoms with Crippen molar-refractivity contribution in [1.82, 2.24) is 15.5 Å². The standard InChI is InChI=1S/C20H30N4O3/c1-27-18-9-5-8-17(14-18)22-19(25)21-16-10-12-24(13-11-16)20(26)23-15-6-3-2-4-7-15/h5,8-9,14-16H,2-4,6-7,10-13H2,1H3,(H,23,26)(H2,21,22,25). The molecule has 1 saturated heterocycles. The minimum Gasteiger partial charge on any atom is -0.497 e. The number of amides is 4. The Bertz CT molecular complexity index is 638. The monoisotopic (exact) mass is 374 g/mol. The molecule has 1 heterocycles. The fourth-order valence-corrected chi connectivity index (χ4v) is 3.79. The predicted molar refractivity (Wildman–Crippen MR) is 105 cm³/mol. The molecular weight excluding hydrogens is 344 g/mol. The average Bonchev–Trinajstić information content (AvgIpc) is 2.69. The van der Waals surface area contributed by atoms with E-state index in [1.54, 1.807) is 13.2 Å². The van der Waals surface area contributed by atoms with E-state index in [-0.39, 0.29) is 18.1 Å². The molecule has 148 valence electrons. The van der Waals surface area contributed by atoms with Gasteiger partial charge in [0.15, 0.2) is 0 Å². The molecule has 2 aliphatic rings. The van der Waals surface area contributed by atoms with Crippen LogP contribution >= 0.6 is 0 Å². The molecule has 2 fully saturated rings. The number of piperidine rings is 1. The van der Waals surface area contributed by atoms with Crippen LogP contribution in [0.5, 0.6) is 5.75 Å². The lowest BCUT2D eigenvalue weighted by atomic mass is 9.95. The van der Waals surface area contributed by atoms with Crippen molar-refractivity contribution < 1.29 is 14.3 Å². The quantitative estimate of drug-likeness (QED) is 0.756. The molecule has 1 aromatic rings. The van der Waals surface area contributed by atoms with Crippen molar-refractivity contribution >= 4 is 17.7 Å². The van der Waals surface area contributed by atoms with Gasteiger partial charge in [-0.1, -0.05) is 25.3 Å². The van der Waals surface area contributed by atoms with Crippen LogP contribution in [0.3, 0.4) is 0 Å². The van der Waals surface area contributed by atoms with Crippen LogP contribution in [0.4, 0.5) is 15.3 Å². The summed E-state index contributed by atoms with van der Waals surface area (Å²) in [5.41, 5.74) is 0.691. The summed E-state index contributed by atoms with van der Waals surface area (Å²) in [5, 5.41) is 8.99. The highest BCUT2D eigenvalue weighted by Gasteiger charge is 2.25. The molecule has 0 atom stereocenters. The summed E-state index contributed by atoms with van der Waals surface area (Å²) >= 11 is 0. The Morgan fingerprint density at radius 3 is 2.41 bits per heavy atom. The molecule has 1 aliphatic heterocycles. The summed E-state index contributed by atoms with van der Waals surface area (Å²) in [5.74, 6) is 0.699. The van der Waals surface area contributed by atoms with Crippen LogP contribution in [0.2, 0.25) is 0 Å². The van der Waals surface area contributed by atoms with Gasteiger partial charge in [-0.25, -0.2) is 9.59 Å². The molecule has 1 aliphatic carbocycles. The number of likely N-dealkylation sites (tertiary alicyclic amines) is 1. The molecule has 7 heteroatoms. The zero-order valence-electron chi connectivity index (χ0n) is 16.0. The number of methoxy groups -OCH3 is 1. The van der Waals surface area contributed by atoms with E-state index in [1.807, 2.05) is 23.1 Å². The highest BCUT2D eigenvalue weighted by Crippen LogP contribution is 2.19. The average molecular weight is 374 g/mol. The summed E-state index contributed by atoms with van der Waals surface area (Å²) in [6.07, 6.45) is 7.41. The van der Waals surface area contributed by atoms with Crippen molar-refractivity contribution in [3.63, 3.8) is 0 Å². The molecule has 1 saturated carbocycles. The van der Waals surface area contributed by atoms with E-state index in [4.69, 9.17) is 4.74 Å². The number of rotatable bonds is 4. The Morgan fingerprint density at radius 1 is 1.00 bits per heavy atom. The number of hydrogen-bond donors (Lipinski definition) is 3. The smallest absolute Gasteiger partial charge is 0.319 e. The summed E-state index contributed by atoms with van der Waals surface area (Å²) < 4.78 is 5.16. The lowest BCUT2D eigenvalue weighted by Crippen LogP contribution is -2.52. The van der Waals surface area contributed by atoms with Crippen molar-refractivity contribution in [1.29, 1.82) is 0 Å². The third-order valence-corrected chi connectivity index (χ3v) is 5.38. The van der Waals surface area contributed by atoms with Gasteiger partial charge in [0.25, 0.3) is 0 Å². The summed E-state index contributed by atoms with van der Waals surface area (Å²) in [4.78, 5) is 26.5. The fourth-order valence-electron chi connectivity index (χ4n) is 3.79. The van der Waals surface area contributed by atoms with Gasteiger partial charge in [0.1, 0.15) is 5.75 Å². The Hall–Kier alpha value is -2.44. The van der Waals surface area contributed by atoms with Gasteiger partial charge in [-0.2, -0.15) is 0 Å². The van der Waals surface area contributed by atoms with Crippen LogP contribution in [0, 0.1) is 0 Å². The molecule has 0 spiro atoms. The Kier molecular flexibility index (Phi) is 6.79. The molecule has 4 amide bonds. The number of carbonyl (C=O) groups excluding carboxylic acids is 2. The summed E-state index contributed by atoms with van der Waals surface area (Å²) in [6, 6.07) is 7.48. The summed E-state index contributed by atoms with van der Waals surface area (Å²) in [6.45, 7) is 1.34. The zero-order chi connectivity index (χ0) is 19.1. The second-order valence-electron chi connectivity index (χ2n) is 7.38. The molecule has 1 aromatic carbocycles. The molecular formula is C20H30N4O3. The first kappa shape index (κ1) is 19.3. The normalized spacial score (nSPS) is 18.6. The SMILES string of the molecule is COc1cccc(NC(=O)NC2CCN(C(=O)NC3CCCCC3)CC2)c1. The number of benzene rings is 1. The second kappa shape index (κ2) is 9.48. The van der Waals surface area contributed by atoms with Crippen molar-refractivity contribution in [2.45, 2.75) is 57.0 Å². The first-order chi connectivity index (χ1) is 13.1. The van der Waals surface area contributed by atoms with Gasteiger partial charge >= 0.3 is 12.1 Å². The predicted octanol–water partition coefficient (Wildman–Crippen LogP) is 3.32. The highest BCUT2D eigenvalue weighted by atomic mass is 16.5. The topological polar surface area (TPSA) is 82.7 Å². The maximum Gasteiger partial charge on any atom is 0.319 e. The summed E-state index contributed by atoms with van der Waals surface area (Å²) in [7, 11) is 1.59. The lowest BCUT2D eigenvalue weighted by Gasteiger charge is -2.34. The fraction of sp³-hybridized carbons (Fsp3) is 0.600. The Morgan fingerprint density at radius 2 is 1.70 bits per heavy atom. The second-order valence-corrected chi connectivity index (χ2v) is 7.38. The Labute approximate surface area is 160 Å². The number of urea groups is 2. The highest BCUT2D eigenvalue weighted by molar-refractivity contribution is 5.89. The van der Waals surface area contributed by atoms with Gasteiger partial charge in [0.05, 0.1) is 7.11 Å². The van der Waals surface area contributed by atoms with Crippen LogP contribution in [0.1, 0.15) is 44.9 Å². The first-order valence-corrected chi connectivity index (χ1v) is 9.91. The molecule has 0 bridgehead atoms. The van der Waals surface area contributed by atoms with E-state index in [9.17, 15) is 9.59 Å². The number of hydrogen-bond acceptors (Lipinski definition) is 3. The largest absolute Gasteiger partial charge is 0.497 e. The number of nitrogens with one attached hydrogen (secondary N) is 3. The minimum absolute atomic E-state index is 0.0428. The van der Waals surface area contributed by atoms with E-state index >= 15 is 0 Å². The van der Waals surface area contributed by atoms with Gasteiger partial charge in [0.2, 0.25) is 0 Å². The van der Waals surface area contributed by atoms with Gasteiger partial charge in [-0.15, -0.1) is 0 Å².